The molecular formula is C15H13N3O3S. The number of hydrogen-bond donors (Lipinski definition) is 1. The van der Waals surface area contributed by atoms with E-state index in [-0.39, 0.29) is 5.91 Å². The van der Waals surface area contributed by atoms with Crippen LogP contribution in [-0.4, -0.2) is 33.1 Å². The van der Waals surface area contributed by atoms with Crippen LogP contribution in [0.1, 0.15) is 12.0 Å². The molecule has 3 heterocycles. The van der Waals surface area contributed by atoms with Crippen LogP contribution < -0.4 is 4.72 Å². The van der Waals surface area contributed by atoms with Gasteiger partial charge in [0.1, 0.15) is 0 Å². The largest absolute Gasteiger partial charge is 0.377 e. The second kappa shape index (κ2) is 5.19. The molecule has 1 atom stereocenters. The molecule has 7 heteroatoms. The SMILES string of the molecule is O=C1C=C(n2ncc3ccc(C4=CCOCC4)cc32)S(=O)N1. The monoisotopic (exact) mass is 315 g/mol. The highest BCUT2D eigenvalue weighted by molar-refractivity contribution is 7.93. The standard InChI is InChI=1S/C15H13N3O3S/c19-14-8-15(22(20)17-14)18-13-7-11(1-2-12(13)9-16-18)10-3-5-21-6-4-10/h1-3,7-9H,4-6H2,(H,17,19). The Bertz CT molecular complexity index is 866. The minimum atomic E-state index is -1.56. The Morgan fingerprint density at radius 2 is 2.27 bits per heavy atom. The van der Waals surface area contributed by atoms with Crippen LogP contribution in [0.5, 0.6) is 0 Å². The molecule has 0 fully saturated rings. The molecule has 1 N–H and O–H groups in total. The molecule has 2 aromatic rings. The van der Waals surface area contributed by atoms with E-state index in [1.54, 1.807) is 10.9 Å². The molecule has 2 aliphatic rings. The lowest BCUT2D eigenvalue weighted by Crippen LogP contribution is -2.17. The molecule has 0 aliphatic carbocycles. The molecule has 4 rings (SSSR count). The Hall–Kier alpha value is -2.25. The second-order valence-electron chi connectivity index (χ2n) is 5.10. The first-order valence-corrected chi connectivity index (χ1v) is 8.07. The number of amides is 1. The van der Waals surface area contributed by atoms with E-state index in [9.17, 15) is 9.00 Å². The van der Waals surface area contributed by atoms with Crippen LogP contribution in [0.25, 0.3) is 21.5 Å². The summed E-state index contributed by atoms with van der Waals surface area (Å²) in [4.78, 5) is 11.4. The topological polar surface area (TPSA) is 73.2 Å². The Morgan fingerprint density at radius 3 is 3.00 bits per heavy atom. The van der Waals surface area contributed by atoms with Crippen LogP contribution in [0, 0.1) is 0 Å². The Labute approximate surface area is 129 Å². The highest BCUT2D eigenvalue weighted by atomic mass is 32.2. The van der Waals surface area contributed by atoms with Crippen LogP contribution in [0.2, 0.25) is 0 Å². The first-order chi connectivity index (χ1) is 10.7. The number of aromatic nitrogens is 2. The fourth-order valence-corrected chi connectivity index (χ4v) is 3.52. The van der Waals surface area contributed by atoms with E-state index in [0.717, 1.165) is 29.5 Å². The number of ether oxygens (including phenoxy) is 1. The van der Waals surface area contributed by atoms with Gasteiger partial charge in [0.15, 0.2) is 16.0 Å². The smallest absolute Gasteiger partial charge is 0.258 e. The lowest BCUT2D eigenvalue weighted by molar-refractivity contribution is -0.114. The number of benzene rings is 1. The zero-order valence-corrected chi connectivity index (χ0v) is 12.4. The quantitative estimate of drug-likeness (QED) is 0.910. The van der Waals surface area contributed by atoms with Crippen molar-refractivity contribution in [3.05, 3.63) is 42.1 Å². The van der Waals surface area contributed by atoms with Crippen LogP contribution in [-0.2, 0) is 20.5 Å². The van der Waals surface area contributed by atoms with Crippen LogP contribution in [0.15, 0.2) is 36.5 Å². The fourth-order valence-electron chi connectivity index (χ4n) is 2.66. The van der Waals surface area contributed by atoms with Crippen molar-refractivity contribution in [3.63, 3.8) is 0 Å². The number of fused-ring (bicyclic) bond motifs is 1. The maximum absolute atomic E-state index is 11.9. The Morgan fingerprint density at radius 1 is 1.36 bits per heavy atom. The summed E-state index contributed by atoms with van der Waals surface area (Å²) in [6.07, 6.45) is 5.97. The van der Waals surface area contributed by atoms with Gasteiger partial charge in [-0.3, -0.25) is 9.52 Å². The van der Waals surface area contributed by atoms with E-state index >= 15 is 0 Å². The summed E-state index contributed by atoms with van der Waals surface area (Å²) in [5.74, 6) is -0.361. The van der Waals surface area contributed by atoms with Gasteiger partial charge in [-0.2, -0.15) is 5.10 Å². The maximum Gasteiger partial charge on any atom is 0.258 e. The minimum Gasteiger partial charge on any atom is -0.377 e. The van der Waals surface area contributed by atoms with Crippen LogP contribution >= 0.6 is 0 Å². The molecule has 0 spiro atoms. The van der Waals surface area contributed by atoms with Crippen molar-refractivity contribution in [2.45, 2.75) is 6.42 Å². The summed E-state index contributed by atoms with van der Waals surface area (Å²) in [6.45, 7) is 1.34. The average molecular weight is 315 g/mol. The van der Waals surface area contributed by atoms with E-state index < -0.39 is 11.0 Å². The van der Waals surface area contributed by atoms with Gasteiger partial charge in [-0.25, -0.2) is 8.89 Å². The van der Waals surface area contributed by atoms with Gasteiger partial charge in [0.25, 0.3) is 5.91 Å². The predicted octanol–water partition coefficient (Wildman–Crippen LogP) is 1.43. The van der Waals surface area contributed by atoms with E-state index in [2.05, 4.69) is 22.0 Å². The van der Waals surface area contributed by atoms with Gasteiger partial charge in [0, 0.05) is 11.5 Å². The molecule has 6 nitrogen and oxygen atoms in total. The zero-order valence-electron chi connectivity index (χ0n) is 11.6. The molecule has 0 bridgehead atoms. The molecule has 1 amide bonds. The van der Waals surface area contributed by atoms with Gasteiger partial charge < -0.3 is 4.74 Å². The summed E-state index contributed by atoms with van der Waals surface area (Å²) >= 11 is 0. The fraction of sp³-hybridized carbons (Fsp3) is 0.200. The van der Waals surface area contributed by atoms with E-state index in [1.807, 2.05) is 12.1 Å². The van der Waals surface area contributed by atoms with Crippen molar-refractivity contribution in [1.82, 2.24) is 14.5 Å². The molecule has 1 aromatic heterocycles. The maximum atomic E-state index is 11.9. The molecule has 1 unspecified atom stereocenters. The number of nitrogens with zero attached hydrogens (tertiary/aromatic N) is 2. The van der Waals surface area contributed by atoms with E-state index in [4.69, 9.17) is 4.74 Å². The van der Waals surface area contributed by atoms with Gasteiger partial charge in [-0.05, 0) is 23.6 Å². The third-order valence-corrected chi connectivity index (χ3v) is 4.81. The number of carbonyl (C=O) groups is 1. The molecule has 2 aliphatic heterocycles. The molecule has 0 saturated carbocycles. The van der Waals surface area contributed by atoms with Gasteiger partial charge in [0.2, 0.25) is 0 Å². The normalized spacial score (nSPS) is 21.6. The molecule has 112 valence electrons. The third-order valence-electron chi connectivity index (χ3n) is 3.75. The molecule has 0 radical (unpaired) electrons. The summed E-state index contributed by atoms with van der Waals surface area (Å²) in [6, 6.07) is 6.05. The highest BCUT2D eigenvalue weighted by Crippen LogP contribution is 2.27. The molecule has 1 aromatic carbocycles. The highest BCUT2D eigenvalue weighted by Gasteiger charge is 2.23. The third kappa shape index (κ3) is 2.18. The Balaban J connectivity index is 1.84. The van der Waals surface area contributed by atoms with E-state index in [1.165, 1.54) is 11.6 Å². The van der Waals surface area contributed by atoms with Crippen molar-refractivity contribution in [2.24, 2.45) is 0 Å². The molecular weight excluding hydrogens is 302 g/mol. The number of nitrogens with one attached hydrogen (secondary N) is 1. The van der Waals surface area contributed by atoms with Crippen molar-refractivity contribution in [2.75, 3.05) is 13.2 Å². The Kier molecular flexibility index (Phi) is 3.16. The van der Waals surface area contributed by atoms with Crippen molar-refractivity contribution in [1.29, 1.82) is 0 Å². The second-order valence-corrected chi connectivity index (χ2v) is 6.26. The summed E-state index contributed by atoms with van der Waals surface area (Å²) in [5, 5.41) is 5.57. The number of hydrogen-bond acceptors (Lipinski definition) is 4. The van der Waals surface area contributed by atoms with Gasteiger partial charge >= 0.3 is 0 Å². The average Bonchev–Trinajstić information content (AvgIpc) is 3.10. The van der Waals surface area contributed by atoms with Crippen molar-refractivity contribution < 1.29 is 13.7 Å². The van der Waals surface area contributed by atoms with Gasteiger partial charge in [0.05, 0.1) is 24.9 Å². The number of rotatable bonds is 2. The zero-order chi connectivity index (χ0) is 15.1. The van der Waals surface area contributed by atoms with E-state index in [0.29, 0.717) is 11.6 Å². The van der Waals surface area contributed by atoms with Crippen molar-refractivity contribution >= 4 is 38.4 Å². The number of carbonyl (C=O) groups excluding carboxylic acids is 1. The predicted molar refractivity (Wildman–Crippen MR) is 83.7 cm³/mol. The summed E-state index contributed by atoms with van der Waals surface area (Å²) in [7, 11) is -1.56. The molecule has 0 saturated heterocycles. The first kappa shape index (κ1) is 13.4. The van der Waals surface area contributed by atoms with Crippen LogP contribution in [0.3, 0.4) is 0 Å². The van der Waals surface area contributed by atoms with Crippen molar-refractivity contribution in [3.8, 4) is 0 Å². The first-order valence-electron chi connectivity index (χ1n) is 6.92. The summed E-state index contributed by atoms with van der Waals surface area (Å²) in [5.41, 5.74) is 3.17. The summed E-state index contributed by atoms with van der Waals surface area (Å²) < 4.78 is 21.2. The lowest BCUT2D eigenvalue weighted by Gasteiger charge is -2.14. The molecule has 22 heavy (non-hydrogen) atoms. The minimum absolute atomic E-state index is 0.359. The van der Waals surface area contributed by atoms with Crippen LogP contribution in [0.4, 0.5) is 0 Å². The lowest BCUT2D eigenvalue weighted by atomic mass is 10.0. The van der Waals surface area contributed by atoms with Gasteiger partial charge in [-0.1, -0.05) is 18.2 Å². The van der Waals surface area contributed by atoms with Gasteiger partial charge in [-0.15, -0.1) is 0 Å².